The lowest BCUT2D eigenvalue weighted by Gasteiger charge is -2.22. The summed E-state index contributed by atoms with van der Waals surface area (Å²) < 4.78 is 0. The fourth-order valence-corrected chi connectivity index (χ4v) is 2.48. The van der Waals surface area contributed by atoms with Crippen molar-refractivity contribution in [3.63, 3.8) is 0 Å². The van der Waals surface area contributed by atoms with Crippen LogP contribution < -0.4 is 10.6 Å². The lowest BCUT2D eigenvalue weighted by atomic mass is 10.1. The maximum atomic E-state index is 11.9. The van der Waals surface area contributed by atoms with Gasteiger partial charge in [-0.15, -0.1) is 17.9 Å². The van der Waals surface area contributed by atoms with Crippen molar-refractivity contribution < 1.29 is 9.59 Å². The van der Waals surface area contributed by atoms with E-state index >= 15 is 0 Å². The van der Waals surface area contributed by atoms with Gasteiger partial charge >= 0.3 is 6.03 Å². The first-order chi connectivity index (χ1) is 9.80. The predicted molar refractivity (Wildman–Crippen MR) is 86.2 cm³/mol. The second-order valence-electron chi connectivity index (χ2n) is 5.79. The van der Waals surface area contributed by atoms with Gasteiger partial charge in [0, 0.05) is 23.5 Å². The van der Waals surface area contributed by atoms with E-state index in [9.17, 15) is 9.59 Å². The molecule has 1 aromatic rings. The van der Waals surface area contributed by atoms with Crippen LogP contribution in [0.4, 0.5) is 4.79 Å². The quantitative estimate of drug-likeness (QED) is 0.793. The molecule has 0 atom stereocenters. The Bertz CT molecular complexity index is 478. The number of imide groups is 1. The third-order valence-electron chi connectivity index (χ3n) is 2.46. The van der Waals surface area contributed by atoms with Crippen LogP contribution in [0.15, 0.2) is 30.2 Å². The summed E-state index contributed by atoms with van der Waals surface area (Å²) in [5.74, 6) is -0.324. The minimum atomic E-state index is -0.470. The fourth-order valence-electron chi connectivity index (χ4n) is 1.73. The Kier molecular flexibility index (Phi) is 6.58. The molecule has 1 rings (SSSR count). The highest BCUT2D eigenvalue weighted by molar-refractivity contribution is 7.09. The molecule has 0 saturated heterocycles. The molecule has 0 aliphatic heterocycles. The Hall–Kier alpha value is -1.66. The molecule has 0 bridgehead atoms. The molecular formula is C15H23N3O2S. The van der Waals surface area contributed by atoms with Crippen molar-refractivity contribution in [3.05, 3.63) is 35.0 Å². The van der Waals surface area contributed by atoms with Gasteiger partial charge in [0.1, 0.15) is 0 Å². The van der Waals surface area contributed by atoms with Crippen molar-refractivity contribution in [3.8, 4) is 0 Å². The lowest BCUT2D eigenvalue weighted by molar-refractivity contribution is -0.121. The second kappa shape index (κ2) is 7.95. The van der Waals surface area contributed by atoms with Crippen LogP contribution >= 0.6 is 11.3 Å². The van der Waals surface area contributed by atoms with E-state index in [0.717, 1.165) is 0 Å². The molecule has 0 radical (unpaired) electrons. The molecule has 0 fully saturated rings. The van der Waals surface area contributed by atoms with Crippen molar-refractivity contribution in [2.45, 2.75) is 32.9 Å². The lowest BCUT2D eigenvalue weighted by Crippen LogP contribution is -2.50. The SMILES string of the molecule is C=CCN(CC(=O)NC(=O)NC(C)(C)C)Cc1cccs1. The highest BCUT2D eigenvalue weighted by Gasteiger charge is 2.17. The third kappa shape index (κ3) is 7.63. The first-order valence-corrected chi connectivity index (χ1v) is 7.66. The average Bonchev–Trinajstić information content (AvgIpc) is 2.78. The first-order valence-electron chi connectivity index (χ1n) is 6.78. The van der Waals surface area contributed by atoms with E-state index in [1.165, 1.54) is 4.88 Å². The zero-order valence-corrected chi connectivity index (χ0v) is 13.6. The summed E-state index contributed by atoms with van der Waals surface area (Å²) in [4.78, 5) is 26.7. The van der Waals surface area contributed by atoms with Crippen molar-refractivity contribution in [2.24, 2.45) is 0 Å². The zero-order valence-electron chi connectivity index (χ0n) is 12.8. The molecule has 0 saturated carbocycles. The van der Waals surface area contributed by atoms with E-state index in [4.69, 9.17) is 0 Å². The van der Waals surface area contributed by atoms with Gasteiger partial charge in [-0.3, -0.25) is 15.0 Å². The Balaban J connectivity index is 2.48. The number of nitrogens with one attached hydrogen (secondary N) is 2. The van der Waals surface area contributed by atoms with Gasteiger partial charge in [-0.25, -0.2) is 4.79 Å². The van der Waals surface area contributed by atoms with E-state index in [2.05, 4.69) is 17.2 Å². The van der Waals surface area contributed by atoms with Gasteiger partial charge in [0.15, 0.2) is 0 Å². The Morgan fingerprint density at radius 2 is 2.14 bits per heavy atom. The van der Waals surface area contributed by atoms with Crippen LogP contribution in [0.25, 0.3) is 0 Å². The van der Waals surface area contributed by atoms with E-state index in [-0.39, 0.29) is 18.0 Å². The van der Waals surface area contributed by atoms with Crippen LogP contribution in [0.1, 0.15) is 25.6 Å². The van der Waals surface area contributed by atoms with Gasteiger partial charge in [0.2, 0.25) is 5.91 Å². The highest BCUT2D eigenvalue weighted by atomic mass is 32.1. The van der Waals surface area contributed by atoms with Crippen LogP contribution in [0.3, 0.4) is 0 Å². The molecule has 5 nitrogen and oxygen atoms in total. The van der Waals surface area contributed by atoms with Gasteiger partial charge in [-0.1, -0.05) is 12.1 Å². The molecule has 1 aromatic heterocycles. The molecule has 0 aliphatic carbocycles. The summed E-state index contributed by atoms with van der Waals surface area (Å²) in [7, 11) is 0. The van der Waals surface area contributed by atoms with Crippen LogP contribution in [0, 0.1) is 0 Å². The topological polar surface area (TPSA) is 61.4 Å². The summed E-state index contributed by atoms with van der Waals surface area (Å²) in [6.07, 6.45) is 1.75. The zero-order chi connectivity index (χ0) is 15.9. The average molecular weight is 309 g/mol. The van der Waals surface area contributed by atoms with Gasteiger partial charge in [0.25, 0.3) is 0 Å². The van der Waals surface area contributed by atoms with E-state index < -0.39 is 6.03 Å². The molecule has 116 valence electrons. The number of hydrogen-bond acceptors (Lipinski definition) is 4. The number of rotatable bonds is 6. The minimum absolute atomic E-state index is 0.154. The number of hydrogen-bond donors (Lipinski definition) is 2. The number of amides is 3. The minimum Gasteiger partial charge on any atom is -0.333 e. The Morgan fingerprint density at radius 1 is 1.43 bits per heavy atom. The standard InChI is InChI=1S/C15H23N3O2S/c1-5-8-18(10-12-7-6-9-21-12)11-13(19)16-14(20)17-15(2,3)4/h5-7,9H,1,8,10-11H2,2-4H3,(H2,16,17,19,20). The molecule has 0 aromatic carbocycles. The number of urea groups is 1. The summed E-state index contributed by atoms with van der Waals surface area (Å²) in [5.41, 5.74) is -0.373. The monoisotopic (exact) mass is 309 g/mol. The number of thiophene rings is 1. The van der Waals surface area contributed by atoms with Crippen molar-refractivity contribution in [1.82, 2.24) is 15.5 Å². The van der Waals surface area contributed by atoms with Gasteiger partial charge in [-0.05, 0) is 32.2 Å². The van der Waals surface area contributed by atoms with Gasteiger partial charge < -0.3 is 5.32 Å². The van der Waals surface area contributed by atoms with Gasteiger partial charge in [-0.2, -0.15) is 0 Å². The summed E-state index contributed by atoms with van der Waals surface area (Å²) in [6, 6.07) is 3.52. The fraction of sp³-hybridized carbons (Fsp3) is 0.467. The first kappa shape index (κ1) is 17.4. The molecule has 21 heavy (non-hydrogen) atoms. The van der Waals surface area contributed by atoms with Gasteiger partial charge in [0.05, 0.1) is 6.54 Å². The van der Waals surface area contributed by atoms with E-state index in [0.29, 0.717) is 13.1 Å². The summed E-state index contributed by atoms with van der Waals surface area (Å²) in [5, 5.41) is 7.04. The number of carbonyl (C=O) groups is 2. The van der Waals surface area contributed by atoms with Crippen molar-refractivity contribution in [1.29, 1.82) is 0 Å². The van der Waals surface area contributed by atoms with E-state index in [1.807, 2.05) is 43.2 Å². The van der Waals surface area contributed by atoms with Crippen molar-refractivity contribution in [2.75, 3.05) is 13.1 Å². The molecule has 0 aliphatic rings. The summed E-state index contributed by atoms with van der Waals surface area (Å²) in [6.45, 7) is 10.7. The van der Waals surface area contributed by atoms with Crippen molar-refractivity contribution >= 4 is 23.3 Å². The molecule has 2 N–H and O–H groups in total. The van der Waals surface area contributed by atoms with Crippen LogP contribution in [-0.4, -0.2) is 35.5 Å². The molecule has 6 heteroatoms. The third-order valence-corrected chi connectivity index (χ3v) is 3.32. The Morgan fingerprint density at radius 3 is 2.67 bits per heavy atom. The van der Waals surface area contributed by atoms with Crippen LogP contribution in [-0.2, 0) is 11.3 Å². The molecule has 3 amide bonds. The molecule has 1 heterocycles. The summed E-state index contributed by atoms with van der Waals surface area (Å²) >= 11 is 1.64. The maximum Gasteiger partial charge on any atom is 0.321 e. The predicted octanol–water partition coefficient (Wildman–Crippen LogP) is 2.36. The molecule has 0 spiro atoms. The number of carbonyl (C=O) groups excluding carboxylic acids is 2. The van der Waals surface area contributed by atoms with Crippen LogP contribution in [0.2, 0.25) is 0 Å². The Labute approximate surface area is 130 Å². The smallest absolute Gasteiger partial charge is 0.321 e. The van der Waals surface area contributed by atoms with Crippen LogP contribution in [0.5, 0.6) is 0 Å². The molecular weight excluding hydrogens is 286 g/mol. The highest BCUT2D eigenvalue weighted by Crippen LogP contribution is 2.11. The number of nitrogens with zero attached hydrogens (tertiary/aromatic N) is 1. The normalized spacial score (nSPS) is 11.2. The largest absolute Gasteiger partial charge is 0.333 e. The van der Waals surface area contributed by atoms with E-state index in [1.54, 1.807) is 17.4 Å². The maximum absolute atomic E-state index is 11.9. The second-order valence-corrected chi connectivity index (χ2v) is 6.82. The molecule has 0 unspecified atom stereocenters.